The average molecular weight is 328 g/mol. The van der Waals surface area contributed by atoms with E-state index in [2.05, 4.69) is 5.32 Å². The van der Waals surface area contributed by atoms with Crippen LogP contribution in [0.3, 0.4) is 0 Å². The van der Waals surface area contributed by atoms with E-state index in [-0.39, 0.29) is 16.6 Å². The van der Waals surface area contributed by atoms with Gasteiger partial charge in [-0.1, -0.05) is 20.8 Å². The fourth-order valence-corrected chi connectivity index (χ4v) is 3.70. The topological polar surface area (TPSA) is 75.7 Å². The third-order valence-electron chi connectivity index (χ3n) is 3.28. The van der Waals surface area contributed by atoms with Crippen LogP contribution in [0.25, 0.3) is 0 Å². The van der Waals surface area contributed by atoms with Crippen LogP contribution in [0, 0.1) is 0 Å². The van der Waals surface area contributed by atoms with Gasteiger partial charge in [-0.3, -0.25) is 4.79 Å². The van der Waals surface area contributed by atoms with Crippen LogP contribution >= 0.6 is 0 Å². The number of ether oxygens (including phenoxy) is 1. The lowest BCUT2D eigenvalue weighted by molar-refractivity contribution is 0.0953. The fraction of sp³-hybridized carbons (Fsp3) is 0.533. The van der Waals surface area contributed by atoms with E-state index in [1.165, 1.54) is 23.5 Å². The molecule has 0 atom stereocenters. The summed E-state index contributed by atoms with van der Waals surface area (Å²) in [6.07, 6.45) is 0.812. The highest BCUT2D eigenvalue weighted by molar-refractivity contribution is 7.89. The molecule has 0 unspecified atom stereocenters. The number of nitrogens with zero attached hydrogens (tertiary/aromatic N) is 1. The standard InChI is InChI=1S/C15H24N2O4S/c1-5-10-16-15(18)12-8-9-13(21-4)14(11-12)22(19,20)17(6-2)7-3/h8-9,11H,5-7,10H2,1-4H3,(H,16,18). The van der Waals surface area contributed by atoms with Gasteiger partial charge in [-0.15, -0.1) is 0 Å². The third-order valence-corrected chi connectivity index (χ3v) is 5.36. The largest absolute Gasteiger partial charge is 0.495 e. The summed E-state index contributed by atoms with van der Waals surface area (Å²) < 4.78 is 31.8. The Morgan fingerprint density at radius 2 is 1.86 bits per heavy atom. The monoisotopic (exact) mass is 328 g/mol. The maximum absolute atomic E-state index is 12.7. The number of rotatable bonds is 8. The van der Waals surface area contributed by atoms with Gasteiger partial charge in [0.25, 0.3) is 5.91 Å². The molecule has 7 heteroatoms. The van der Waals surface area contributed by atoms with Crippen LogP contribution in [0.15, 0.2) is 23.1 Å². The molecule has 6 nitrogen and oxygen atoms in total. The average Bonchev–Trinajstić information content (AvgIpc) is 2.52. The molecule has 1 N–H and O–H groups in total. The third kappa shape index (κ3) is 3.98. The van der Waals surface area contributed by atoms with Crippen LogP contribution in [0.2, 0.25) is 0 Å². The van der Waals surface area contributed by atoms with Crippen molar-refractivity contribution in [1.29, 1.82) is 0 Å². The lowest BCUT2D eigenvalue weighted by Crippen LogP contribution is -2.31. The molecular formula is C15H24N2O4S. The molecule has 0 bridgehead atoms. The summed E-state index contributed by atoms with van der Waals surface area (Å²) >= 11 is 0. The van der Waals surface area contributed by atoms with Gasteiger partial charge >= 0.3 is 0 Å². The van der Waals surface area contributed by atoms with Crippen molar-refractivity contribution < 1.29 is 17.9 Å². The van der Waals surface area contributed by atoms with Crippen LogP contribution in [0.5, 0.6) is 5.75 Å². The molecule has 0 heterocycles. The molecule has 0 spiro atoms. The number of hydrogen-bond donors (Lipinski definition) is 1. The fourth-order valence-electron chi connectivity index (χ4n) is 2.06. The minimum absolute atomic E-state index is 0.0165. The van der Waals surface area contributed by atoms with E-state index in [1.807, 2.05) is 6.92 Å². The highest BCUT2D eigenvalue weighted by atomic mass is 32.2. The lowest BCUT2D eigenvalue weighted by atomic mass is 10.2. The predicted octanol–water partition coefficient (Wildman–Crippen LogP) is 1.87. The summed E-state index contributed by atoms with van der Waals surface area (Å²) in [7, 11) is -2.28. The molecule has 0 saturated carbocycles. The van der Waals surface area contributed by atoms with Gasteiger partial charge in [0.1, 0.15) is 10.6 Å². The molecule has 22 heavy (non-hydrogen) atoms. The summed E-state index contributed by atoms with van der Waals surface area (Å²) in [6.45, 7) is 6.74. The first-order valence-corrected chi connectivity index (χ1v) is 8.82. The number of nitrogens with one attached hydrogen (secondary N) is 1. The zero-order valence-electron chi connectivity index (χ0n) is 13.5. The quantitative estimate of drug-likeness (QED) is 0.790. The van der Waals surface area contributed by atoms with E-state index >= 15 is 0 Å². The van der Waals surface area contributed by atoms with Gasteiger partial charge < -0.3 is 10.1 Å². The number of carbonyl (C=O) groups excluding carboxylic acids is 1. The van der Waals surface area contributed by atoms with Gasteiger partial charge in [-0.2, -0.15) is 4.31 Å². The number of methoxy groups -OCH3 is 1. The van der Waals surface area contributed by atoms with Gasteiger partial charge in [0.15, 0.2) is 0 Å². The van der Waals surface area contributed by atoms with Crippen molar-refractivity contribution in [1.82, 2.24) is 9.62 Å². The Balaban J connectivity index is 3.30. The summed E-state index contributed by atoms with van der Waals surface area (Å²) in [5.41, 5.74) is 0.306. The molecule has 1 aromatic carbocycles. The molecule has 0 aliphatic carbocycles. The molecule has 0 fully saturated rings. The number of benzene rings is 1. The van der Waals surface area contributed by atoms with Crippen LogP contribution in [0.4, 0.5) is 0 Å². The van der Waals surface area contributed by atoms with Crippen molar-refractivity contribution >= 4 is 15.9 Å². The van der Waals surface area contributed by atoms with E-state index < -0.39 is 10.0 Å². The Hall–Kier alpha value is -1.60. The van der Waals surface area contributed by atoms with Crippen LogP contribution in [-0.4, -0.2) is 45.4 Å². The summed E-state index contributed by atoms with van der Waals surface area (Å²) in [5, 5.41) is 2.73. The van der Waals surface area contributed by atoms with Gasteiger partial charge in [-0.25, -0.2) is 8.42 Å². The zero-order chi connectivity index (χ0) is 16.8. The van der Waals surface area contributed by atoms with E-state index in [0.717, 1.165) is 6.42 Å². The van der Waals surface area contributed by atoms with Crippen molar-refractivity contribution in [3.05, 3.63) is 23.8 Å². The molecule has 0 saturated heterocycles. The molecule has 0 radical (unpaired) electrons. The van der Waals surface area contributed by atoms with Gasteiger partial charge in [0.2, 0.25) is 10.0 Å². The van der Waals surface area contributed by atoms with Crippen LogP contribution in [0.1, 0.15) is 37.6 Å². The summed E-state index contributed by atoms with van der Waals surface area (Å²) in [5.74, 6) is -0.0561. The highest BCUT2D eigenvalue weighted by Crippen LogP contribution is 2.27. The van der Waals surface area contributed by atoms with Crippen molar-refractivity contribution in [3.8, 4) is 5.75 Å². The Labute approximate surface area is 132 Å². The lowest BCUT2D eigenvalue weighted by Gasteiger charge is -2.20. The molecule has 0 aliphatic rings. The molecule has 0 aromatic heterocycles. The second kappa shape index (κ2) is 8.14. The minimum Gasteiger partial charge on any atom is -0.495 e. The number of hydrogen-bond acceptors (Lipinski definition) is 4. The van der Waals surface area contributed by atoms with Crippen LogP contribution < -0.4 is 10.1 Å². The molecular weight excluding hydrogens is 304 g/mol. The maximum atomic E-state index is 12.7. The number of carbonyl (C=O) groups is 1. The van der Waals surface area contributed by atoms with Crippen molar-refractivity contribution in [2.24, 2.45) is 0 Å². The second-order valence-electron chi connectivity index (χ2n) is 4.71. The molecule has 1 aromatic rings. The van der Waals surface area contributed by atoms with E-state index in [1.54, 1.807) is 19.9 Å². The number of sulfonamides is 1. The first-order valence-electron chi connectivity index (χ1n) is 7.38. The van der Waals surface area contributed by atoms with Gasteiger partial charge in [0, 0.05) is 25.2 Å². The maximum Gasteiger partial charge on any atom is 0.251 e. The zero-order valence-corrected chi connectivity index (χ0v) is 14.4. The Morgan fingerprint density at radius 3 is 2.36 bits per heavy atom. The van der Waals surface area contributed by atoms with Crippen molar-refractivity contribution in [2.45, 2.75) is 32.1 Å². The van der Waals surface area contributed by atoms with Gasteiger partial charge in [0.05, 0.1) is 7.11 Å². The molecule has 0 aliphatic heterocycles. The first kappa shape index (κ1) is 18.4. The highest BCUT2D eigenvalue weighted by Gasteiger charge is 2.26. The molecule has 124 valence electrons. The summed E-state index contributed by atoms with van der Waals surface area (Å²) in [4.78, 5) is 12.0. The Morgan fingerprint density at radius 1 is 1.23 bits per heavy atom. The molecule has 1 amide bonds. The van der Waals surface area contributed by atoms with Crippen molar-refractivity contribution in [3.63, 3.8) is 0 Å². The molecule has 1 rings (SSSR count). The second-order valence-corrected chi connectivity index (χ2v) is 6.62. The predicted molar refractivity (Wildman–Crippen MR) is 85.7 cm³/mol. The normalized spacial score (nSPS) is 11.5. The van der Waals surface area contributed by atoms with Crippen LogP contribution in [-0.2, 0) is 10.0 Å². The summed E-state index contributed by atoms with van der Waals surface area (Å²) in [6, 6.07) is 4.44. The number of amides is 1. The minimum atomic E-state index is -3.69. The smallest absolute Gasteiger partial charge is 0.251 e. The van der Waals surface area contributed by atoms with Gasteiger partial charge in [-0.05, 0) is 24.6 Å². The Kier molecular flexibility index (Phi) is 6.83. The first-order chi connectivity index (χ1) is 10.4. The van der Waals surface area contributed by atoms with E-state index in [0.29, 0.717) is 25.2 Å². The van der Waals surface area contributed by atoms with E-state index in [4.69, 9.17) is 4.74 Å². The van der Waals surface area contributed by atoms with E-state index in [9.17, 15) is 13.2 Å². The van der Waals surface area contributed by atoms with Crippen molar-refractivity contribution in [2.75, 3.05) is 26.7 Å². The Bertz CT molecular complexity index is 610. The SMILES string of the molecule is CCCNC(=O)c1ccc(OC)c(S(=O)(=O)N(CC)CC)c1.